The Morgan fingerprint density at radius 2 is 2.06 bits per heavy atom. The predicted molar refractivity (Wildman–Crippen MR) is 70.9 cm³/mol. The van der Waals surface area contributed by atoms with Gasteiger partial charge in [-0.1, -0.05) is 13.8 Å². The molecule has 0 saturated heterocycles. The molecule has 104 valence electrons. The van der Waals surface area contributed by atoms with E-state index in [1.54, 1.807) is 6.92 Å². The number of nitrogens with one attached hydrogen (secondary N) is 2. The Balaban J connectivity index is 2.39. The number of aryl methyl sites for hydroxylation is 1. The molecule has 7 heteroatoms. The summed E-state index contributed by atoms with van der Waals surface area (Å²) in [5, 5.41) is 0.128. The molecule has 0 spiro atoms. The highest BCUT2D eigenvalue weighted by Gasteiger charge is 2.15. The highest BCUT2D eigenvalue weighted by atomic mass is 32.2. The van der Waals surface area contributed by atoms with Crippen LogP contribution < -0.4 is 4.72 Å². The quantitative estimate of drug-likeness (QED) is 0.685. The normalized spacial score (nSPS) is 12.2. The van der Waals surface area contributed by atoms with Crippen molar-refractivity contribution in [3.8, 4) is 0 Å². The van der Waals surface area contributed by atoms with E-state index >= 15 is 0 Å². The molecule has 0 bridgehead atoms. The monoisotopic (exact) mass is 274 g/mol. The first-order chi connectivity index (χ1) is 8.49. The minimum Gasteiger partial charge on any atom is -0.332 e. The Labute approximate surface area is 109 Å². The van der Waals surface area contributed by atoms with Crippen molar-refractivity contribution in [2.45, 2.75) is 32.2 Å². The molecule has 0 unspecified atom stereocenters. The molecule has 0 radical (unpaired) electrons. The van der Waals surface area contributed by atoms with Crippen molar-refractivity contribution in [2.75, 3.05) is 26.2 Å². The van der Waals surface area contributed by atoms with Gasteiger partial charge in [-0.05, 0) is 33.0 Å². The molecule has 1 aromatic rings. The molecule has 0 aliphatic heterocycles. The molecule has 18 heavy (non-hydrogen) atoms. The molecule has 2 N–H and O–H groups in total. The molecule has 1 heterocycles. The highest BCUT2D eigenvalue weighted by molar-refractivity contribution is 7.89. The van der Waals surface area contributed by atoms with Crippen molar-refractivity contribution in [1.29, 1.82) is 0 Å². The second kappa shape index (κ2) is 6.86. The summed E-state index contributed by atoms with van der Waals surface area (Å²) < 4.78 is 26.2. The summed E-state index contributed by atoms with van der Waals surface area (Å²) in [7, 11) is -3.44. The fraction of sp³-hybridized carbons (Fsp3) is 0.727. The molecule has 6 nitrogen and oxygen atoms in total. The third-order valence-corrected chi connectivity index (χ3v) is 4.18. The van der Waals surface area contributed by atoms with Crippen molar-refractivity contribution < 1.29 is 8.42 Å². The first-order valence-electron chi connectivity index (χ1n) is 6.23. The number of sulfonamides is 1. The van der Waals surface area contributed by atoms with Gasteiger partial charge >= 0.3 is 0 Å². The van der Waals surface area contributed by atoms with Gasteiger partial charge in [0, 0.05) is 6.54 Å². The van der Waals surface area contributed by atoms with E-state index < -0.39 is 10.0 Å². The summed E-state index contributed by atoms with van der Waals surface area (Å²) in [6.07, 6.45) is 2.14. The first-order valence-corrected chi connectivity index (χ1v) is 7.71. The van der Waals surface area contributed by atoms with Crippen molar-refractivity contribution >= 4 is 10.0 Å². The lowest BCUT2D eigenvalue weighted by Gasteiger charge is -2.17. The smallest absolute Gasteiger partial charge is 0.257 e. The van der Waals surface area contributed by atoms with Crippen LogP contribution in [-0.2, 0) is 10.0 Å². The van der Waals surface area contributed by atoms with Crippen LogP contribution in [0.5, 0.6) is 0 Å². The zero-order chi connectivity index (χ0) is 13.6. The number of aromatic nitrogens is 2. The highest BCUT2D eigenvalue weighted by Crippen LogP contribution is 2.04. The summed E-state index contributed by atoms with van der Waals surface area (Å²) in [4.78, 5) is 8.86. The summed E-state index contributed by atoms with van der Waals surface area (Å²) in [6.45, 7) is 9.24. The van der Waals surface area contributed by atoms with Crippen LogP contribution in [-0.4, -0.2) is 49.5 Å². The maximum atomic E-state index is 11.8. The zero-order valence-electron chi connectivity index (χ0n) is 11.2. The maximum absolute atomic E-state index is 11.8. The van der Waals surface area contributed by atoms with E-state index in [1.165, 1.54) is 6.20 Å². The second-order valence-corrected chi connectivity index (χ2v) is 5.85. The molecule has 1 aromatic heterocycles. The SMILES string of the molecule is CCN(CC)CCCNS(=O)(=O)c1cnc(C)[nH]1. The van der Waals surface area contributed by atoms with Crippen LogP contribution in [0.1, 0.15) is 26.1 Å². The molecule has 0 fully saturated rings. The van der Waals surface area contributed by atoms with Crippen LogP contribution in [0, 0.1) is 6.92 Å². The number of H-pyrrole nitrogens is 1. The lowest BCUT2D eigenvalue weighted by Crippen LogP contribution is -2.30. The molecule has 0 aliphatic carbocycles. The van der Waals surface area contributed by atoms with Gasteiger partial charge in [0.2, 0.25) is 0 Å². The van der Waals surface area contributed by atoms with Crippen LogP contribution in [0.3, 0.4) is 0 Å². The van der Waals surface area contributed by atoms with Crippen LogP contribution in [0.25, 0.3) is 0 Å². The van der Waals surface area contributed by atoms with E-state index in [0.29, 0.717) is 12.4 Å². The fourth-order valence-corrected chi connectivity index (χ4v) is 2.70. The minimum absolute atomic E-state index is 0.128. The summed E-state index contributed by atoms with van der Waals surface area (Å²) in [6, 6.07) is 0. The van der Waals surface area contributed by atoms with Gasteiger partial charge < -0.3 is 9.88 Å². The summed E-state index contributed by atoms with van der Waals surface area (Å²) in [5.41, 5.74) is 0. The van der Waals surface area contributed by atoms with E-state index in [1.807, 2.05) is 0 Å². The van der Waals surface area contributed by atoms with E-state index in [9.17, 15) is 8.42 Å². The number of nitrogens with zero attached hydrogens (tertiary/aromatic N) is 2. The van der Waals surface area contributed by atoms with Gasteiger partial charge in [0.15, 0.2) is 5.03 Å². The van der Waals surface area contributed by atoms with Crippen LogP contribution in [0.4, 0.5) is 0 Å². The predicted octanol–water partition coefficient (Wildman–Crippen LogP) is 0.728. The third kappa shape index (κ3) is 4.40. The van der Waals surface area contributed by atoms with Gasteiger partial charge in [0.05, 0.1) is 6.20 Å². The molecule has 0 aliphatic rings. The number of hydrogen-bond donors (Lipinski definition) is 2. The molecule has 0 amide bonds. The van der Waals surface area contributed by atoms with Crippen molar-refractivity contribution in [1.82, 2.24) is 19.6 Å². The summed E-state index contributed by atoms with van der Waals surface area (Å²) in [5.74, 6) is 0.596. The van der Waals surface area contributed by atoms with E-state index in [-0.39, 0.29) is 5.03 Å². The third-order valence-electron chi connectivity index (χ3n) is 2.81. The Kier molecular flexibility index (Phi) is 5.77. The zero-order valence-corrected chi connectivity index (χ0v) is 12.0. The lowest BCUT2D eigenvalue weighted by molar-refractivity contribution is 0.300. The number of aromatic amines is 1. The molecule has 0 atom stereocenters. The van der Waals surface area contributed by atoms with Crippen molar-refractivity contribution in [3.05, 3.63) is 12.0 Å². The van der Waals surface area contributed by atoms with Gasteiger partial charge in [0.1, 0.15) is 5.82 Å². The van der Waals surface area contributed by atoms with Crippen LogP contribution in [0.15, 0.2) is 11.2 Å². The Bertz CT molecular complexity index is 451. The average molecular weight is 274 g/mol. The van der Waals surface area contributed by atoms with Gasteiger partial charge in [-0.2, -0.15) is 0 Å². The van der Waals surface area contributed by atoms with E-state index in [4.69, 9.17) is 0 Å². The van der Waals surface area contributed by atoms with Crippen molar-refractivity contribution in [2.24, 2.45) is 0 Å². The number of hydrogen-bond acceptors (Lipinski definition) is 4. The van der Waals surface area contributed by atoms with Crippen molar-refractivity contribution in [3.63, 3.8) is 0 Å². The fourth-order valence-electron chi connectivity index (χ4n) is 1.66. The van der Waals surface area contributed by atoms with Crippen LogP contribution >= 0.6 is 0 Å². The van der Waals surface area contributed by atoms with Crippen LogP contribution in [0.2, 0.25) is 0 Å². The minimum atomic E-state index is -3.44. The van der Waals surface area contributed by atoms with Gasteiger partial charge in [-0.25, -0.2) is 18.1 Å². The average Bonchev–Trinajstić information content (AvgIpc) is 2.77. The molecule has 1 rings (SSSR count). The molecular weight excluding hydrogens is 252 g/mol. The van der Waals surface area contributed by atoms with E-state index in [2.05, 4.69) is 33.4 Å². The second-order valence-electron chi connectivity index (χ2n) is 4.11. The molecule has 0 aromatic carbocycles. The van der Waals surface area contributed by atoms with Gasteiger partial charge in [-0.15, -0.1) is 0 Å². The largest absolute Gasteiger partial charge is 0.332 e. The Hall–Kier alpha value is -0.920. The maximum Gasteiger partial charge on any atom is 0.257 e. The first kappa shape index (κ1) is 15.1. The number of rotatable bonds is 8. The molecular formula is C11H22N4O2S. The number of imidazole rings is 1. The van der Waals surface area contributed by atoms with Gasteiger partial charge in [0.25, 0.3) is 10.0 Å². The lowest BCUT2D eigenvalue weighted by atomic mass is 10.4. The topological polar surface area (TPSA) is 78.1 Å². The Morgan fingerprint density at radius 3 is 2.56 bits per heavy atom. The standard InChI is InChI=1S/C11H22N4O2S/c1-4-15(5-2)8-6-7-13-18(16,17)11-9-12-10(3)14-11/h9,13H,4-8H2,1-3H3,(H,12,14). The Morgan fingerprint density at radius 1 is 1.39 bits per heavy atom. The van der Waals surface area contributed by atoms with Gasteiger partial charge in [-0.3, -0.25) is 0 Å². The van der Waals surface area contributed by atoms with E-state index in [0.717, 1.165) is 26.1 Å². The summed E-state index contributed by atoms with van der Waals surface area (Å²) >= 11 is 0. The molecule has 0 saturated carbocycles.